The number of benzene rings is 1. The average Bonchev–Trinajstić information content (AvgIpc) is 2.35. The first-order valence-corrected chi connectivity index (χ1v) is 7.68. The van der Waals surface area contributed by atoms with Gasteiger partial charge in [-0.25, -0.2) is 4.79 Å². The summed E-state index contributed by atoms with van der Waals surface area (Å²) in [6.45, 7) is 1.83. The van der Waals surface area contributed by atoms with Gasteiger partial charge in [0.25, 0.3) is 0 Å². The highest BCUT2D eigenvalue weighted by atomic mass is 35.5. The molecule has 1 rings (SSSR count). The highest BCUT2D eigenvalue weighted by Gasteiger charge is 2.17. The lowest BCUT2D eigenvalue weighted by Gasteiger charge is -2.21. The zero-order chi connectivity index (χ0) is 14.4. The molecule has 1 aromatic carbocycles. The zero-order valence-electron chi connectivity index (χ0n) is 10.6. The molecule has 0 spiro atoms. The Labute approximate surface area is 126 Å². The summed E-state index contributed by atoms with van der Waals surface area (Å²) in [6, 6.07) is 4.28. The number of thioether (sulfide) groups is 1. The minimum atomic E-state index is -0.385. The number of aliphatic hydroxyl groups excluding tert-OH is 1. The van der Waals surface area contributed by atoms with E-state index < -0.39 is 0 Å². The van der Waals surface area contributed by atoms with Crippen molar-refractivity contribution in [1.82, 2.24) is 5.32 Å². The number of aliphatic hydroxyl groups is 1. The minimum absolute atomic E-state index is 0.000530. The van der Waals surface area contributed by atoms with Crippen LogP contribution < -0.4 is 10.6 Å². The molecule has 2 unspecified atom stereocenters. The van der Waals surface area contributed by atoms with Gasteiger partial charge in [-0.3, -0.25) is 0 Å². The lowest BCUT2D eigenvalue weighted by Crippen LogP contribution is -2.43. The van der Waals surface area contributed by atoms with Crippen LogP contribution in [0.5, 0.6) is 0 Å². The van der Waals surface area contributed by atoms with Crippen LogP contribution in [0.25, 0.3) is 0 Å². The number of carbonyl (C=O) groups excluding carboxylic acids is 1. The zero-order valence-corrected chi connectivity index (χ0v) is 12.9. The molecule has 0 aromatic heterocycles. The van der Waals surface area contributed by atoms with Crippen LogP contribution >= 0.6 is 35.0 Å². The van der Waals surface area contributed by atoms with Crippen molar-refractivity contribution in [1.29, 1.82) is 0 Å². The molecule has 0 heterocycles. The molecule has 0 saturated heterocycles. The summed E-state index contributed by atoms with van der Waals surface area (Å²) in [5.41, 5.74) is 0.448. The molecule has 4 nitrogen and oxygen atoms in total. The molecule has 0 aliphatic heterocycles. The summed E-state index contributed by atoms with van der Waals surface area (Å²) in [5, 5.41) is 15.4. The van der Waals surface area contributed by atoms with E-state index in [-0.39, 0.29) is 23.9 Å². The Morgan fingerprint density at radius 1 is 1.47 bits per heavy atom. The van der Waals surface area contributed by atoms with Gasteiger partial charge in [0.1, 0.15) is 0 Å². The van der Waals surface area contributed by atoms with Crippen LogP contribution in [0, 0.1) is 0 Å². The fourth-order valence-corrected chi connectivity index (χ4v) is 2.45. The predicted molar refractivity (Wildman–Crippen MR) is 82.5 cm³/mol. The monoisotopic (exact) mass is 322 g/mol. The molecule has 2 amide bonds. The van der Waals surface area contributed by atoms with Crippen LogP contribution in [0.3, 0.4) is 0 Å². The molecule has 19 heavy (non-hydrogen) atoms. The second-order valence-corrected chi connectivity index (χ2v) is 5.89. The molecule has 0 aliphatic rings. The molecule has 0 fully saturated rings. The van der Waals surface area contributed by atoms with Gasteiger partial charge in [-0.2, -0.15) is 11.8 Å². The summed E-state index contributed by atoms with van der Waals surface area (Å²) in [4.78, 5) is 11.8. The molecule has 7 heteroatoms. The smallest absolute Gasteiger partial charge is 0.319 e. The molecule has 3 N–H and O–H groups in total. The Hall–Kier alpha value is -0.620. The summed E-state index contributed by atoms with van der Waals surface area (Å²) in [7, 11) is 0. The topological polar surface area (TPSA) is 61.4 Å². The third-order valence-electron chi connectivity index (χ3n) is 2.58. The fourth-order valence-electron chi connectivity index (χ4n) is 1.49. The normalized spacial score (nSPS) is 13.7. The third-order valence-corrected chi connectivity index (χ3v) is 4.30. The van der Waals surface area contributed by atoms with Crippen LogP contribution in [0.4, 0.5) is 10.5 Å². The quantitative estimate of drug-likeness (QED) is 0.780. The van der Waals surface area contributed by atoms with Crippen molar-refractivity contribution < 1.29 is 9.90 Å². The van der Waals surface area contributed by atoms with Crippen molar-refractivity contribution in [3.63, 3.8) is 0 Å². The molecule has 1 aromatic rings. The van der Waals surface area contributed by atoms with E-state index >= 15 is 0 Å². The molecule has 0 radical (unpaired) electrons. The Morgan fingerprint density at radius 3 is 2.74 bits per heavy atom. The van der Waals surface area contributed by atoms with E-state index in [0.717, 1.165) is 0 Å². The first-order valence-electron chi connectivity index (χ1n) is 5.64. The predicted octanol–water partition coefficient (Wildman–Crippen LogP) is 3.23. The van der Waals surface area contributed by atoms with Gasteiger partial charge in [-0.1, -0.05) is 23.2 Å². The van der Waals surface area contributed by atoms with Gasteiger partial charge >= 0.3 is 6.03 Å². The Morgan fingerprint density at radius 2 is 2.16 bits per heavy atom. The first kappa shape index (κ1) is 16.4. The van der Waals surface area contributed by atoms with Crippen molar-refractivity contribution in [2.24, 2.45) is 0 Å². The standard InChI is InChI=1S/C12H16Cl2N2O2S/c1-7(11(6-17)19-2)15-12(18)16-10-5-8(13)3-4-9(10)14/h3-5,7,11,17H,6H2,1-2H3,(H2,15,16,18). The van der Waals surface area contributed by atoms with Crippen LogP contribution in [-0.2, 0) is 0 Å². The van der Waals surface area contributed by atoms with Crippen LogP contribution in [0.15, 0.2) is 18.2 Å². The third kappa shape index (κ3) is 5.10. The van der Waals surface area contributed by atoms with Gasteiger partial charge < -0.3 is 15.7 Å². The Balaban J connectivity index is 2.62. The van der Waals surface area contributed by atoms with E-state index in [4.69, 9.17) is 28.3 Å². The maximum atomic E-state index is 11.8. The van der Waals surface area contributed by atoms with E-state index in [1.807, 2.05) is 13.2 Å². The first-order chi connectivity index (χ1) is 8.97. The number of carbonyl (C=O) groups is 1. The summed E-state index contributed by atoms with van der Waals surface area (Å²) >= 11 is 13.3. The molecule has 106 valence electrons. The second kappa shape index (κ2) is 7.85. The number of halogens is 2. The Kier molecular flexibility index (Phi) is 6.79. The average molecular weight is 323 g/mol. The number of urea groups is 1. The maximum Gasteiger partial charge on any atom is 0.319 e. The van der Waals surface area contributed by atoms with Gasteiger partial charge in [-0.15, -0.1) is 0 Å². The van der Waals surface area contributed by atoms with Gasteiger partial charge in [0.2, 0.25) is 0 Å². The van der Waals surface area contributed by atoms with E-state index in [1.165, 1.54) is 11.8 Å². The SMILES string of the molecule is CSC(CO)C(C)NC(=O)Nc1cc(Cl)ccc1Cl. The summed E-state index contributed by atoms with van der Waals surface area (Å²) < 4.78 is 0. The van der Waals surface area contributed by atoms with E-state index in [9.17, 15) is 4.79 Å². The molecule has 0 bridgehead atoms. The minimum Gasteiger partial charge on any atom is -0.395 e. The van der Waals surface area contributed by atoms with Crippen LogP contribution in [0.2, 0.25) is 10.0 Å². The molecule has 0 saturated carbocycles. The maximum absolute atomic E-state index is 11.8. The van der Waals surface area contributed by atoms with E-state index in [0.29, 0.717) is 15.7 Å². The Bertz CT molecular complexity index is 442. The number of hydrogen-bond acceptors (Lipinski definition) is 3. The second-order valence-electron chi connectivity index (χ2n) is 3.97. The fraction of sp³-hybridized carbons (Fsp3) is 0.417. The van der Waals surface area contributed by atoms with Gasteiger partial charge in [0.05, 0.1) is 17.3 Å². The van der Waals surface area contributed by atoms with Gasteiger partial charge in [0, 0.05) is 16.3 Å². The number of anilines is 1. The number of amides is 2. The van der Waals surface area contributed by atoms with E-state index in [2.05, 4.69) is 10.6 Å². The van der Waals surface area contributed by atoms with Crippen molar-refractivity contribution in [2.75, 3.05) is 18.2 Å². The number of nitrogens with one attached hydrogen (secondary N) is 2. The van der Waals surface area contributed by atoms with E-state index in [1.54, 1.807) is 18.2 Å². The van der Waals surface area contributed by atoms with Crippen LogP contribution in [0.1, 0.15) is 6.92 Å². The van der Waals surface area contributed by atoms with Gasteiger partial charge in [0.15, 0.2) is 0 Å². The van der Waals surface area contributed by atoms with Crippen molar-refractivity contribution >= 4 is 46.7 Å². The lowest BCUT2D eigenvalue weighted by atomic mass is 10.2. The summed E-state index contributed by atoms with van der Waals surface area (Å²) in [6.07, 6.45) is 1.88. The van der Waals surface area contributed by atoms with Crippen molar-refractivity contribution in [3.8, 4) is 0 Å². The van der Waals surface area contributed by atoms with Crippen LogP contribution in [-0.4, -0.2) is 35.3 Å². The summed E-state index contributed by atoms with van der Waals surface area (Å²) in [5.74, 6) is 0. The van der Waals surface area contributed by atoms with Crippen molar-refractivity contribution in [3.05, 3.63) is 28.2 Å². The number of hydrogen-bond donors (Lipinski definition) is 3. The van der Waals surface area contributed by atoms with Gasteiger partial charge in [-0.05, 0) is 31.4 Å². The largest absolute Gasteiger partial charge is 0.395 e. The number of rotatable bonds is 5. The molecule has 2 atom stereocenters. The van der Waals surface area contributed by atoms with Crippen molar-refractivity contribution in [2.45, 2.75) is 18.2 Å². The molecular weight excluding hydrogens is 307 g/mol. The molecular formula is C12H16Cl2N2O2S. The highest BCUT2D eigenvalue weighted by Crippen LogP contribution is 2.25. The molecule has 0 aliphatic carbocycles. The lowest BCUT2D eigenvalue weighted by molar-refractivity contribution is 0.243. The highest BCUT2D eigenvalue weighted by molar-refractivity contribution is 7.99.